The highest BCUT2D eigenvalue weighted by Crippen LogP contribution is 2.28. The first-order valence-corrected chi connectivity index (χ1v) is 7.26. The second-order valence-corrected chi connectivity index (χ2v) is 5.40. The molecular weight excluding hydrogens is 286 g/mol. The van der Waals surface area contributed by atoms with Crippen LogP contribution in [0.1, 0.15) is 0 Å². The van der Waals surface area contributed by atoms with E-state index >= 15 is 0 Å². The summed E-state index contributed by atoms with van der Waals surface area (Å²) in [6.45, 7) is 0. The monoisotopic (exact) mass is 301 g/mol. The molecule has 0 spiro atoms. The predicted molar refractivity (Wildman–Crippen MR) is 93.6 cm³/mol. The van der Waals surface area contributed by atoms with E-state index in [9.17, 15) is 0 Å². The number of aromatic nitrogens is 3. The number of nitrogen functional groups attached to an aromatic ring is 2. The number of hydrogen-bond donors (Lipinski definition) is 3. The minimum absolute atomic E-state index is 0.586. The molecule has 0 atom stereocenters. The van der Waals surface area contributed by atoms with Crippen molar-refractivity contribution in [3.8, 4) is 22.5 Å². The number of H-pyrrole nitrogens is 1. The summed E-state index contributed by atoms with van der Waals surface area (Å²) >= 11 is 0. The summed E-state index contributed by atoms with van der Waals surface area (Å²) in [5.41, 5.74) is 17.8. The molecule has 0 saturated carbocycles. The van der Waals surface area contributed by atoms with Gasteiger partial charge < -0.3 is 16.5 Å². The minimum Gasteiger partial charge on any atom is -0.397 e. The summed E-state index contributed by atoms with van der Waals surface area (Å²) in [7, 11) is 0. The van der Waals surface area contributed by atoms with Gasteiger partial charge in [-0.1, -0.05) is 12.1 Å². The van der Waals surface area contributed by atoms with Crippen LogP contribution in [0.25, 0.3) is 33.5 Å². The molecule has 23 heavy (non-hydrogen) atoms. The van der Waals surface area contributed by atoms with Crippen LogP contribution in [0.3, 0.4) is 0 Å². The zero-order chi connectivity index (χ0) is 15.8. The third kappa shape index (κ3) is 2.38. The van der Waals surface area contributed by atoms with Gasteiger partial charge in [0, 0.05) is 18.0 Å². The van der Waals surface area contributed by atoms with Gasteiger partial charge in [-0.05, 0) is 47.5 Å². The van der Waals surface area contributed by atoms with Crippen LogP contribution >= 0.6 is 0 Å². The molecule has 112 valence electrons. The molecule has 0 saturated heterocycles. The summed E-state index contributed by atoms with van der Waals surface area (Å²) in [5.74, 6) is 0.807. The van der Waals surface area contributed by atoms with Crippen LogP contribution in [0.4, 0.5) is 11.4 Å². The van der Waals surface area contributed by atoms with Crippen molar-refractivity contribution in [2.24, 2.45) is 0 Å². The van der Waals surface area contributed by atoms with Crippen molar-refractivity contribution in [2.45, 2.75) is 0 Å². The van der Waals surface area contributed by atoms with E-state index in [1.165, 1.54) is 0 Å². The highest BCUT2D eigenvalue weighted by atomic mass is 14.9. The van der Waals surface area contributed by atoms with Gasteiger partial charge in [-0.3, -0.25) is 4.98 Å². The van der Waals surface area contributed by atoms with Crippen LogP contribution < -0.4 is 11.5 Å². The summed E-state index contributed by atoms with van der Waals surface area (Å²) in [5, 5.41) is 0. The molecule has 0 aliphatic heterocycles. The van der Waals surface area contributed by atoms with Gasteiger partial charge in [0.1, 0.15) is 5.82 Å². The van der Waals surface area contributed by atoms with Gasteiger partial charge in [-0.15, -0.1) is 0 Å². The number of imidazole rings is 1. The van der Waals surface area contributed by atoms with Crippen molar-refractivity contribution in [2.75, 3.05) is 11.5 Å². The van der Waals surface area contributed by atoms with Crippen molar-refractivity contribution in [1.82, 2.24) is 15.0 Å². The van der Waals surface area contributed by atoms with E-state index < -0.39 is 0 Å². The molecule has 4 aromatic rings. The number of fused-ring (bicyclic) bond motifs is 1. The van der Waals surface area contributed by atoms with E-state index in [0.29, 0.717) is 11.4 Å². The SMILES string of the molecule is Nc1ccc(-c2ccc3nc(-c4cccnc4)[nH]c3c2)cc1N. The van der Waals surface area contributed by atoms with E-state index in [4.69, 9.17) is 11.5 Å². The molecule has 0 radical (unpaired) electrons. The van der Waals surface area contributed by atoms with Crippen molar-refractivity contribution in [3.63, 3.8) is 0 Å². The lowest BCUT2D eigenvalue weighted by Crippen LogP contribution is -1.94. The number of pyridine rings is 1. The summed E-state index contributed by atoms with van der Waals surface area (Å²) in [6.07, 6.45) is 3.54. The number of hydrogen-bond acceptors (Lipinski definition) is 4. The lowest BCUT2D eigenvalue weighted by molar-refractivity contribution is 1.27. The van der Waals surface area contributed by atoms with E-state index in [2.05, 4.69) is 21.0 Å². The zero-order valence-corrected chi connectivity index (χ0v) is 12.3. The molecule has 5 N–H and O–H groups in total. The fourth-order valence-electron chi connectivity index (χ4n) is 2.58. The maximum Gasteiger partial charge on any atom is 0.140 e. The molecule has 2 aromatic carbocycles. The van der Waals surface area contributed by atoms with Gasteiger partial charge in [0.2, 0.25) is 0 Å². The predicted octanol–water partition coefficient (Wildman–Crippen LogP) is 3.46. The van der Waals surface area contributed by atoms with Crippen LogP contribution in [0.5, 0.6) is 0 Å². The van der Waals surface area contributed by atoms with Crippen LogP contribution in [0.2, 0.25) is 0 Å². The van der Waals surface area contributed by atoms with Crippen molar-refractivity contribution in [1.29, 1.82) is 0 Å². The summed E-state index contributed by atoms with van der Waals surface area (Å²) in [6, 6.07) is 15.6. The Bertz CT molecular complexity index is 989. The van der Waals surface area contributed by atoms with E-state index in [0.717, 1.165) is 33.5 Å². The molecule has 2 aromatic heterocycles. The highest BCUT2D eigenvalue weighted by Gasteiger charge is 2.07. The molecule has 0 amide bonds. The van der Waals surface area contributed by atoms with E-state index in [1.807, 2.05) is 42.5 Å². The first-order chi connectivity index (χ1) is 11.2. The number of nitrogens with one attached hydrogen (secondary N) is 1. The maximum atomic E-state index is 5.90. The third-order valence-electron chi connectivity index (χ3n) is 3.84. The van der Waals surface area contributed by atoms with Gasteiger partial charge in [-0.25, -0.2) is 4.98 Å². The summed E-state index contributed by atoms with van der Waals surface area (Å²) in [4.78, 5) is 12.1. The molecule has 5 heteroatoms. The zero-order valence-electron chi connectivity index (χ0n) is 12.3. The van der Waals surface area contributed by atoms with Crippen LogP contribution in [-0.4, -0.2) is 15.0 Å². The quantitative estimate of drug-likeness (QED) is 0.494. The lowest BCUT2D eigenvalue weighted by Gasteiger charge is -2.05. The van der Waals surface area contributed by atoms with E-state index in [1.54, 1.807) is 12.4 Å². The average Bonchev–Trinajstić information content (AvgIpc) is 3.01. The smallest absolute Gasteiger partial charge is 0.140 e. The van der Waals surface area contributed by atoms with E-state index in [-0.39, 0.29) is 0 Å². The normalized spacial score (nSPS) is 11.0. The standard InChI is InChI=1S/C18H15N5/c19-14-5-3-11(8-15(14)20)12-4-6-16-17(9-12)23-18(22-16)13-2-1-7-21-10-13/h1-10H,19-20H2,(H,22,23). The number of nitrogens with two attached hydrogens (primary N) is 2. The number of rotatable bonds is 2. The Morgan fingerprint density at radius 2 is 1.65 bits per heavy atom. The Kier molecular flexibility index (Phi) is 2.98. The Balaban J connectivity index is 1.80. The number of aromatic amines is 1. The molecule has 5 nitrogen and oxygen atoms in total. The molecule has 4 rings (SSSR count). The average molecular weight is 301 g/mol. The Hall–Kier alpha value is -3.34. The molecular formula is C18H15N5. The second kappa shape index (κ2) is 5.14. The summed E-state index contributed by atoms with van der Waals surface area (Å²) < 4.78 is 0. The van der Waals surface area contributed by atoms with Crippen LogP contribution in [0.15, 0.2) is 60.9 Å². The fraction of sp³-hybridized carbons (Fsp3) is 0. The van der Waals surface area contributed by atoms with Gasteiger partial charge >= 0.3 is 0 Å². The molecule has 0 aliphatic carbocycles. The lowest BCUT2D eigenvalue weighted by atomic mass is 10.0. The molecule has 0 aliphatic rings. The first kappa shape index (κ1) is 13.3. The maximum absolute atomic E-state index is 5.90. The Labute approximate surface area is 133 Å². The van der Waals surface area contributed by atoms with Crippen LogP contribution in [-0.2, 0) is 0 Å². The molecule has 0 bridgehead atoms. The highest BCUT2D eigenvalue weighted by molar-refractivity contribution is 5.85. The number of benzene rings is 2. The number of nitrogens with zero attached hydrogens (tertiary/aromatic N) is 2. The second-order valence-electron chi connectivity index (χ2n) is 5.40. The largest absolute Gasteiger partial charge is 0.397 e. The third-order valence-corrected chi connectivity index (χ3v) is 3.84. The first-order valence-electron chi connectivity index (χ1n) is 7.26. The van der Waals surface area contributed by atoms with Crippen molar-refractivity contribution < 1.29 is 0 Å². The van der Waals surface area contributed by atoms with Crippen molar-refractivity contribution in [3.05, 3.63) is 60.9 Å². The Morgan fingerprint density at radius 1 is 0.826 bits per heavy atom. The van der Waals surface area contributed by atoms with Crippen LogP contribution in [0, 0.1) is 0 Å². The van der Waals surface area contributed by atoms with Gasteiger partial charge in [0.15, 0.2) is 0 Å². The topological polar surface area (TPSA) is 93.6 Å². The fourth-order valence-corrected chi connectivity index (χ4v) is 2.58. The number of anilines is 2. The van der Waals surface area contributed by atoms with Gasteiger partial charge in [0.25, 0.3) is 0 Å². The Morgan fingerprint density at radius 3 is 2.43 bits per heavy atom. The minimum atomic E-state index is 0.586. The molecule has 2 heterocycles. The molecule has 0 fully saturated rings. The van der Waals surface area contributed by atoms with Crippen molar-refractivity contribution >= 4 is 22.4 Å². The molecule has 0 unspecified atom stereocenters. The van der Waals surface area contributed by atoms with Gasteiger partial charge in [0.05, 0.1) is 22.4 Å². The van der Waals surface area contributed by atoms with Gasteiger partial charge in [-0.2, -0.15) is 0 Å².